The average molecular weight is 421 g/mol. The Hall–Kier alpha value is -3.19. The first-order valence-electron chi connectivity index (χ1n) is 9.94. The number of ether oxygens (including phenoxy) is 1. The summed E-state index contributed by atoms with van der Waals surface area (Å²) in [7, 11) is 1.64. The van der Waals surface area contributed by atoms with Gasteiger partial charge in [0.15, 0.2) is 5.11 Å². The van der Waals surface area contributed by atoms with Crippen LogP contribution in [0.5, 0.6) is 5.75 Å². The molecule has 0 saturated carbocycles. The van der Waals surface area contributed by atoms with Crippen molar-refractivity contribution in [3.05, 3.63) is 71.7 Å². The molecule has 2 heterocycles. The van der Waals surface area contributed by atoms with Gasteiger partial charge < -0.3 is 19.5 Å². The molecule has 0 fully saturated rings. The lowest BCUT2D eigenvalue weighted by Crippen LogP contribution is -2.46. The molecule has 0 amide bonds. The van der Waals surface area contributed by atoms with Crippen LogP contribution in [0.1, 0.15) is 37.8 Å². The molecule has 0 aliphatic carbocycles. The van der Waals surface area contributed by atoms with Gasteiger partial charge in [0.2, 0.25) is 5.82 Å². The highest BCUT2D eigenvalue weighted by Gasteiger charge is 2.33. The van der Waals surface area contributed by atoms with E-state index in [1.54, 1.807) is 7.11 Å². The first-order chi connectivity index (χ1) is 14.6. The Kier molecular flexibility index (Phi) is 5.81. The molecule has 30 heavy (non-hydrogen) atoms. The van der Waals surface area contributed by atoms with Gasteiger partial charge in [0.1, 0.15) is 5.75 Å². The lowest BCUT2D eigenvalue weighted by Gasteiger charge is -2.37. The third-order valence-corrected chi connectivity index (χ3v) is 5.50. The van der Waals surface area contributed by atoms with Gasteiger partial charge in [-0.15, -0.1) is 0 Å². The van der Waals surface area contributed by atoms with Gasteiger partial charge in [0.25, 0.3) is 5.89 Å². The van der Waals surface area contributed by atoms with Crippen molar-refractivity contribution in [2.75, 3.05) is 13.7 Å². The van der Waals surface area contributed by atoms with Gasteiger partial charge in [-0.3, -0.25) is 0 Å². The molecule has 1 unspecified atom stereocenters. The van der Waals surface area contributed by atoms with Crippen LogP contribution in [0.15, 0.2) is 64.8 Å². The van der Waals surface area contributed by atoms with Crippen LogP contribution >= 0.6 is 12.2 Å². The van der Waals surface area contributed by atoms with E-state index in [0.717, 1.165) is 41.1 Å². The van der Waals surface area contributed by atoms with Crippen LogP contribution in [0.2, 0.25) is 0 Å². The molecule has 1 atom stereocenters. The fourth-order valence-electron chi connectivity index (χ4n) is 3.66. The maximum Gasteiger partial charge on any atom is 0.258 e. The Bertz CT molecular complexity index is 1080. The Balaban J connectivity index is 1.80. The minimum Gasteiger partial charge on any atom is -0.497 e. The van der Waals surface area contributed by atoms with Crippen LogP contribution in [0.25, 0.3) is 17.0 Å². The molecule has 0 spiro atoms. The second kappa shape index (κ2) is 8.67. The second-order valence-corrected chi connectivity index (χ2v) is 7.49. The molecule has 1 aliphatic rings. The predicted octanol–water partition coefficient (Wildman–Crippen LogP) is 4.82. The minimum atomic E-state index is -0.162. The summed E-state index contributed by atoms with van der Waals surface area (Å²) in [5, 5.41) is 8.41. The van der Waals surface area contributed by atoms with E-state index >= 15 is 0 Å². The molecule has 3 aromatic rings. The van der Waals surface area contributed by atoms with Crippen LogP contribution in [0.4, 0.5) is 0 Å². The summed E-state index contributed by atoms with van der Waals surface area (Å²) in [6.07, 6.45) is 0.974. The van der Waals surface area contributed by atoms with E-state index in [0.29, 0.717) is 16.8 Å². The molecule has 2 aromatic carbocycles. The highest BCUT2D eigenvalue weighted by atomic mass is 32.1. The number of hydrogen-bond donors (Lipinski definition) is 1. The summed E-state index contributed by atoms with van der Waals surface area (Å²) in [5.41, 5.74) is 3.88. The molecule has 0 saturated heterocycles. The van der Waals surface area contributed by atoms with E-state index in [9.17, 15) is 0 Å². The molecule has 154 valence electrons. The third-order valence-electron chi connectivity index (χ3n) is 5.16. The van der Waals surface area contributed by atoms with Crippen LogP contribution in [-0.2, 0) is 0 Å². The first-order valence-corrected chi connectivity index (χ1v) is 10.4. The summed E-state index contributed by atoms with van der Waals surface area (Å²) >= 11 is 5.66. The van der Waals surface area contributed by atoms with E-state index in [4.69, 9.17) is 26.5 Å². The summed E-state index contributed by atoms with van der Waals surface area (Å²) in [4.78, 5) is 6.82. The van der Waals surface area contributed by atoms with Gasteiger partial charge in [0.05, 0.1) is 18.7 Å². The maximum absolute atomic E-state index is 5.75. The normalized spacial score (nSPS) is 16.6. The number of benzene rings is 2. The van der Waals surface area contributed by atoms with Crippen LogP contribution in [-0.4, -0.2) is 33.8 Å². The Labute approximate surface area is 181 Å². The fourth-order valence-corrected chi connectivity index (χ4v) is 4.01. The predicted molar refractivity (Wildman–Crippen MR) is 121 cm³/mol. The molecule has 1 aliphatic heterocycles. The van der Waals surface area contributed by atoms with E-state index < -0.39 is 0 Å². The van der Waals surface area contributed by atoms with Crippen molar-refractivity contribution in [2.45, 2.75) is 26.3 Å². The van der Waals surface area contributed by atoms with Crippen molar-refractivity contribution in [3.8, 4) is 17.1 Å². The highest BCUT2D eigenvalue weighted by molar-refractivity contribution is 7.80. The number of methoxy groups -OCH3 is 1. The largest absolute Gasteiger partial charge is 0.497 e. The van der Waals surface area contributed by atoms with Crippen molar-refractivity contribution in [1.82, 2.24) is 20.4 Å². The van der Waals surface area contributed by atoms with Gasteiger partial charge in [-0.1, -0.05) is 54.5 Å². The van der Waals surface area contributed by atoms with Crippen molar-refractivity contribution >= 4 is 22.9 Å². The number of nitrogens with one attached hydrogen (secondary N) is 1. The zero-order valence-corrected chi connectivity index (χ0v) is 18.1. The van der Waals surface area contributed by atoms with E-state index in [1.165, 1.54) is 0 Å². The van der Waals surface area contributed by atoms with Crippen LogP contribution in [0.3, 0.4) is 0 Å². The van der Waals surface area contributed by atoms with Crippen molar-refractivity contribution < 1.29 is 9.26 Å². The number of thiocarbonyl (C=S) groups is 1. The van der Waals surface area contributed by atoms with Crippen LogP contribution in [0, 0.1) is 0 Å². The zero-order valence-electron chi connectivity index (χ0n) is 17.3. The molecule has 0 bridgehead atoms. The Morgan fingerprint density at radius 2 is 1.97 bits per heavy atom. The summed E-state index contributed by atoms with van der Waals surface area (Å²) in [5.74, 6) is 1.75. The van der Waals surface area contributed by atoms with Gasteiger partial charge in [-0.05, 0) is 43.3 Å². The van der Waals surface area contributed by atoms with E-state index in [-0.39, 0.29) is 6.04 Å². The molecule has 6 nitrogen and oxygen atoms in total. The lowest BCUT2D eigenvalue weighted by atomic mass is 9.95. The lowest BCUT2D eigenvalue weighted by molar-refractivity contribution is 0.396. The number of allylic oxidation sites excluding steroid dienone is 1. The number of rotatable bonds is 6. The second-order valence-electron chi connectivity index (χ2n) is 7.10. The van der Waals surface area contributed by atoms with Crippen LogP contribution < -0.4 is 10.1 Å². The quantitative estimate of drug-likeness (QED) is 0.574. The Morgan fingerprint density at radius 1 is 1.17 bits per heavy atom. The molecule has 7 heteroatoms. The smallest absolute Gasteiger partial charge is 0.258 e. The monoisotopic (exact) mass is 420 g/mol. The zero-order chi connectivity index (χ0) is 21.1. The van der Waals surface area contributed by atoms with Crippen molar-refractivity contribution in [3.63, 3.8) is 0 Å². The molecule has 0 radical (unpaired) electrons. The van der Waals surface area contributed by atoms with Gasteiger partial charge in [-0.2, -0.15) is 4.98 Å². The molecular weight excluding hydrogens is 396 g/mol. The molecule has 1 aromatic heterocycles. The standard InChI is InChI=1S/C23H24N4O2S/c1-4-13-27-15(2)19(20(24-23(27)30)16-9-6-5-7-10-16)22-25-21(26-29-22)17-11-8-12-18(14-17)28-3/h5-12,14,20H,4,13H2,1-3H3,(H,24,30). The number of aromatic nitrogens is 2. The Morgan fingerprint density at radius 3 is 2.70 bits per heavy atom. The average Bonchev–Trinajstić information content (AvgIpc) is 3.26. The van der Waals surface area contributed by atoms with Gasteiger partial charge in [-0.25, -0.2) is 0 Å². The number of hydrogen-bond acceptors (Lipinski definition) is 5. The summed E-state index contributed by atoms with van der Waals surface area (Å²) < 4.78 is 11.1. The fraction of sp³-hybridized carbons (Fsp3) is 0.261. The van der Waals surface area contributed by atoms with E-state index in [1.807, 2.05) is 42.5 Å². The topological polar surface area (TPSA) is 63.4 Å². The third kappa shape index (κ3) is 3.80. The van der Waals surface area contributed by atoms with Crippen molar-refractivity contribution in [1.29, 1.82) is 0 Å². The van der Waals surface area contributed by atoms with Gasteiger partial charge >= 0.3 is 0 Å². The summed E-state index contributed by atoms with van der Waals surface area (Å²) in [6, 6.07) is 17.6. The molecular formula is C23H24N4O2S. The maximum atomic E-state index is 5.75. The summed E-state index contributed by atoms with van der Waals surface area (Å²) in [6.45, 7) is 5.01. The van der Waals surface area contributed by atoms with E-state index in [2.05, 4.69) is 41.4 Å². The molecule has 1 N–H and O–H groups in total. The number of nitrogens with zero attached hydrogens (tertiary/aromatic N) is 3. The molecule has 4 rings (SSSR count). The van der Waals surface area contributed by atoms with Crippen molar-refractivity contribution in [2.24, 2.45) is 0 Å². The SMILES string of the molecule is CCCN1C(=S)NC(c2ccccc2)C(c2nc(-c3cccc(OC)c3)no2)=C1C. The van der Waals surface area contributed by atoms with Gasteiger partial charge in [0, 0.05) is 17.8 Å². The minimum absolute atomic E-state index is 0.162. The highest BCUT2D eigenvalue weighted by Crippen LogP contribution is 2.37. The first kappa shape index (κ1) is 20.1.